The highest BCUT2D eigenvalue weighted by Gasteiger charge is 2.21. The zero-order chi connectivity index (χ0) is 17.6. The van der Waals surface area contributed by atoms with Crippen molar-refractivity contribution in [2.24, 2.45) is 0 Å². The molecule has 1 saturated heterocycles. The van der Waals surface area contributed by atoms with E-state index in [9.17, 15) is 4.79 Å². The molecule has 0 radical (unpaired) electrons. The molecular formula is C19H22ClN3O2. The molecule has 1 aliphatic rings. The molecule has 0 saturated carbocycles. The molecule has 2 aromatic rings. The van der Waals surface area contributed by atoms with Gasteiger partial charge in [0.15, 0.2) is 0 Å². The summed E-state index contributed by atoms with van der Waals surface area (Å²) in [6.45, 7) is 5.57. The lowest BCUT2D eigenvalue weighted by atomic mass is 10.2. The van der Waals surface area contributed by atoms with Gasteiger partial charge in [0.2, 0.25) is 0 Å². The molecule has 1 fully saturated rings. The van der Waals surface area contributed by atoms with Crippen LogP contribution in [-0.4, -0.2) is 43.7 Å². The van der Waals surface area contributed by atoms with Gasteiger partial charge in [-0.15, -0.1) is 0 Å². The number of carbonyl (C=O) groups excluding carboxylic acids is 1. The minimum Gasteiger partial charge on any atom is -0.494 e. The summed E-state index contributed by atoms with van der Waals surface area (Å²) >= 11 is 6.09. The van der Waals surface area contributed by atoms with Gasteiger partial charge < -0.3 is 19.9 Å². The normalized spacial score (nSPS) is 14.3. The molecule has 0 bridgehead atoms. The second-order valence-electron chi connectivity index (χ2n) is 5.81. The van der Waals surface area contributed by atoms with Crippen LogP contribution >= 0.6 is 11.6 Å². The molecular weight excluding hydrogens is 338 g/mol. The average molecular weight is 360 g/mol. The summed E-state index contributed by atoms with van der Waals surface area (Å²) < 4.78 is 5.47. The number of rotatable bonds is 4. The second-order valence-corrected chi connectivity index (χ2v) is 6.22. The molecule has 5 nitrogen and oxygen atoms in total. The smallest absolute Gasteiger partial charge is 0.322 e. The quantitative estimate of drug-likeness (QED) is 0.894. The number of hydrogen-bond acceptors (Lipinski definition) is 3. The van der Waals surface area contributed by atoms with E-state index in [4.69, 9.17) is 16.3 Å². The molecule has 1 heterocycles. The van der Waals surface area contributed by atoms with Crippen molar-refractivity contribution >= 4 is 29.0 Å². The molecule has 3 rings (SSSR count). The van der Waals surface area contributed by atoms with Crippen LogP contribution in [0.3, 0.4) is 0 Å². The first kappa shape index (κ1) is 17.4. The Morgan fingerprint density at radius 2 is 1.76 bits per heavy atom. The highest BCUT2D eigenvalue weighted by Crippen LogP contribution is 2.23. The topological polar surface area (TPSA) is 44.8 Å². The number of nitrogens with one attached hydrogen (secondary N) is 1. The number of halogens is 1. The third-order valence-corrected chi connectivity index (χ3v) is 4.52. The SMILES string of the molecule is CCOc1ccc(N2CCN(C(=O)Nc3ccccc3Cl)CC2)cc1. The number of urea groups is 1. The van der Waals surface area contributed by atoms with Crippen molar-refractivity contribution in [1.82, 2.24) is 4.90 Å². The number of anilines is 2. The maximum Gasteiger partial charge on any atom is 0.322 e. The van der Waals surface area contributed by atoms with E-state index in [2.05, 4.69) is 22.3 Å². The van der Waals surface area contributed by atoms with Gasteiger partial charge in [-0.05, 0) is 43.3 Å². The van der Waals surface area contributed by atoms with Crippen LogP contribution < -0.4 is 15.0 Å². The van der Waals surface area contributed by atoms with Crippen LogP contribution in [0, 0.1) is 0 Å². The van der Waals surface area contributed by atoms with E-state index in [1.165, 1.54) is 0 Å². The molecule has 1 aliphatic heterocycles. The van der Waals surface area contributed by atoms with Crippen molar-refractivity contribution in [1.29, 1.82) is 0 Å². The van der Waals surface area contributed by atoms with Crippen LogP contribution in [0.15, 0.2) is 48.5 Å². The fourth-order valence-corrected chi connectivity index (χ4v) is 3.03. The summed E-state index contributed by atoms with van der Waals surface area (Å²) in [4.78, 5) is 16.5. The standard InChI is InChI=1S/C19H22ClN3O2/c1-2-25-16-9-7-15(8-10-16)22-11-13-23(14-12-22)19(24)21-18-6-4-3-5-17(18)20/h3-10H,2,11-14H2,1H3,(H,21,24). The van der Waals surface area contributed by atoms with E-state index < -0.39 is 0 Å². The molecule has 2 aromatic carbocycles. The molecule has 0 atom stereocenters. The Bertz CT molecular complexity index is 713. The molecule has 1 N–H and O–H groups in total. The Morgan fingerprint density at radius 3 is 2.40 bits per heavy atom. The van der Waals surface area contributed by atoms with Crippen molar-refractivity contribution in [2.45, 2.75) is 6.92 Å². The Kier molecular flexibility index (Phi) is 5.66. The van der Waals surface area contributed by atoms with Crippen molar-refractivity contribution in [3.05, 3.63) is 53.6 Å². The summed E-state index contributed by atoms with van der Waals surface area (Å²) in [6.07, 6.45) is 0. The van der Waals surface area contributed by atoms with Crippen LogP contribution in [-0.2, 0) is 0 Å². The fourth-order valence-electron chi connectivity index (χ4n) is 2.84. The lowest BCUT2D eigenvalue weighted by Crippen LogP contribution is -2.50. The zero-order valence-corrected chi connectivity index (χ0v) is 15.0. The van der Waals surface area contributed by atoms with Gasteiger partial charge in [0.05, 0.1) is 17.3 Å². The minimum atomic E-state index is -0.112. The van der Waals surface area contributed by atoms with Crippen LogP contribution in [0.2, 0.25) is 5.02 Å². The van der Waals surface area contributed by atoms with E-state index >= 15 is 0 Å². The molecule has 25 heavy (non-hydrogen) atoms. The van der Waals surface area contributed by atoms with Crippen molar-refractivity contribution in [3.8, 4) is 5.75 Å². The van der Waals surface area contributed by atoms with E-state index in [1.807, 2.05) is 36.1 Å². The second kappa shape index (κ2) is 8.12. The van der Waals surface area contributed by atoms with Gasteiger partial charge in [-0.2, -0.15) is 0 Å². The first-order valence-corrected chi connectivity index (χ1v) is 8.83. The van der Waals surface area contributed by atoms with E-state index in [0.717, 1.165) is 24.5 Å². The first-order chi connectivity index (χ1) is 12.2. The number of benzene rings is 2. The fraction of sp³-hybridized carbons (Fsp3) is 0.316. The zero-order valence-electron chi connectivity index (χ0n) is 14.2. The summed E-state index contributed by atoms with van der Waals surface area (Å²) in [5.74, 6) is 0.879. The summed E-state index contributed by atoms with van der Waals surface area (Å²) in [6, 6.07) is 15.2. The van der Waals surface area contributed by atoms with Gasteiger partial charge in [-0.1, -0.05) is 23.7 Å². The van der Waals surface area contributed by atoms with Crippen molar-refractivity contribution in [2.75, 3.05) is 43.0 Å². The van der Waals surface area contributed by atoms with Crippen LogP contribution in [0.5, 0.6) is 5.75 Å². The average Bonchev–Trinajstić information content (AvgIpc) is 2.65. The molecule has 2 amide bonds. The Morgan fingerprint density at radius 1 is 1.08 bits per heavy atom. The monoisotopic (exact) mass is 359 g/mol. The molecule has 132 valence electrons. The van der Waals surface area contributed by atoms with Gasteiger partial charge in [-0.25, -0.2) is 4.79 Å². The number of ether oxygens (including phenoxy) is 1. The third-order valence-electron chi connectivity index (χ3n) is 4.20. The maximum absolute atomic E-state index is 12.4. The Hall–Kier alpha value is -2.40. The van der Waals surface area contributed by atoms with E-state index in [-0.39, 0.29) is 6.03 Å². The molecule has 0 aliphatic carbocycles. The van der Waals surface area contributed by atoms with E-state index in [1.54, 1.807) is 12.1 Å². The Labute approximate surface area is 153 Å². The lowest BCUT2D eigenvalue weighted by molar-refractivity contribution is 0.208. The van der Waals surface area contributed by atoms with Gasteiger partial charge in [-0.3, -0.25) is 0 Å². The van der Waals surface area contributed by atoms with Crippen LogP contribution in [0.25, 0.3) is 0 Å². The lowest BCUT2D eigenvalue weighted by Gasteiger charge is -2.36. The van der Waals surface area contributed by atoms with Gasteiger partial charge in [0.25, 0.3) is 0 Å². The number of amides is 2. The minimum absolute atomic E-state index is 0.112. The predicted molar refractivity (Wildman–Crippen MR) is 102 cm³/mol. The number of hydrogen-bond donors (Lipinski definition) is 1. The molecule has 0 spiro atoms. The summed E-state index contributed by atoms with van der Waals surface area (Å²) in [7, 11) is 0. The van der Waals surface area contributed by atoms with E-state index in [0.29, 0.717) is 30.4 Å². The number of nitrogens with zero attached hydrogens (tertiary/aromatic N) is 2. The van der Waals surface area contributed by atoms with Crippen LogP contribution in [0.4, 0.5) is 16.2 Å². The highest BCUT2D eigenvalue weighted by molar-refractivity contribution is 6.33. The van der Waals surface area contributed by atoms with Gasteiger partial charge in [0, 0.05) is 31.9 Å². The largest absolute Gasteiger partial charge is 0.494 e. The highest BCUT2D eigenvalue weighted by atomic mass is 35.5. The third kappa shape index (κ3) is 4.37. The van der Waals surface area contributed by atoms with Crippen LogP contribution in [0.1, 0.15) is 6.92 Å². The van der Waals surface area contributed by atoms with Crippen molar-refractivity contribution in [3.63, 3.8) is 0 Å². The van der Waals surface area contributed by atoms with Crippen molar-refractivity contribution < 1.29 is 9.53 Å². The molecule has 0 unspecified atom stereocenters. The molecule has 0 aromatic heterocycles. The van der Waals surface area contributed by atoms with Gasteiger partial charge in [0.1, 0.15) is 5.75 Å². The number of para-hydroxylation sites is 1. The maximum atomic E-state index is 12.4. The first-order valence-electron chi connectivity index (χ1n) is 8.45. The number of piperazine rings is 1. The van der Waals surface area contributed by atoms with Gasteiger partial charge >= 0.3 is 6.03 Å². The Balaban J connectivity index is 1.54. The number of carbonyl (C=O) groups is 1. The summed E-state index contributed by atoms with van der Waals surface area (Å²) in [5.41, 5.74) is 1.79. The molecule has 6 heteroatoms. The predicted octanol–water partition coefficient (Wildman–Crippen LogP) is 4.09. The summed E-state index contributed by atoms with van der Waals surface area (Å²) in [5, 5.41) is 3.42.